The van der Waals surface area contributed by atoms with E-state index >= 15 is 0 Å². The van der Waals surface area contributed by atoms with Gasteiger partial charge in [0, 0.05) is 24.4 Å². The molecule has 2 aliphatic rings. The summed E-state index contributed by atoms with van der Waals surface area (Å²) in [5.41, 5.74) is 0.508. The van der Waals surface area contributed by atoms with Crippen molar-refractivity contribution < 1.29 is 22.7 Å². The predicted octanol–water partition coefficient (Wildman–Crippen LogP) is 1.14. The summed E-state index contributed by atoms with van der Waals surface area (Å²) in [6.07, 6.45) is -0.0689. The van der Waals surface area contributed by atoms with Crippen molar-refractivity contribution in [1.29, 1.82) is 0 Å². The molecule has 9 heteroatoms. The average Bonchev–Trinajstić information content (AvgIpc) is 2.61. The van der Waals surface area contributed by atoms with Crippen molar-refractivity contribution in [3.63, 3.8) is 0 Å². The summed E-state index contributed by atoms with van der Waals surface area (Å²) in [7, 11) is -3.66. The highest BCUT2D eigenvalue weighted by molar-refractivity contribution is 8.00. The molecule has 2 heterocycles. The van der Waals surface area contributed by atoms with Gasteiger partial charge >= 0.3 is 0 Å². The molecule has 0 radical (unpaired) electrons. The van der Waals surface area contributed by atoms with E-state index in [1.54, 1.807) is 17.9 Å². The first-order valence-corrected chi connectivity index (χ1v) is 10.6. The zero-order valence-corrected chi connectivity index (χ0v) is 15.5. The quantitative estimate of drug-likeness (QED) is 0.837. The molecule has 3 rings (SSSR count). The Hall–Kier alpha value is -1.58. The van der Waals surface area contributed by atoms with Crippen LogP contribution in [0.2, 0.25) is 0 Å². The third kappa shape index (κ3) is 3.99. The molecule has 0 spiro atoms. The van der Waals surface area contributed by atoms with Crippen LogP contribution in [0.5, 0.6) is 0 Å². The van der Waals surface area contributed by atoms with Crippen molar-refractivity contribution in [1.82, 2.24) is 4.90 Å². The Balaban J connectivity index is 1.75. The van der Waals surface area contributed by atoms with Gasteiger partial charge in [-0.1, -0.05) is 0 Å². The first-order valence-electron chi connectivity index (χ1n) is 8.04. The minimum Gasteiger partial charge on any atom is -0.378 e. The monoisotopic (exact) mass is 384 g/mol. The topological polar surface area (TPSA) is 92.8 Å². The Morgan fingerprint density at radius 2 is 2.08 bits per heavy atom. The van der Waals surface area contributed by atoms with Gasteiger partial charge in [0.15, 0.2) is 9.84 Å². The summed E-state index contributed by atoms with van der Waals surface area (Å²) < 4.78 is 30.8. The number of rotatable bonds is 4. The lowest BCUT2D eigenvalue weighted by Gasteiger charge is -2.28. The molecular weight excluding hydrogens is 364 g/mol. The molecule has 1 aromatic carbocycles. The molecule has 0 aliphatic carbocycles. The number of carbonyl (C=O) groups excluding carboxylic acids is 2. The van der Waals surface area contributed by atoms with Gasteiger partial charge in [0.2, 0.25) is 11.8 Å². The van der Waals surface area contributed by atoms with Gasteiger partial charge in [0.1, 0.15) is 0 Å². The van der Waals surface area contributed by atoms with E-state index in [-0.39, 0.29) is 23.1 Å². The highest BCUT2D eigenvalue weighted by atomic mass is 32.2. The molecule has 0 aromatic heterocycles. The molecular formula is C16H20N2O5S2. The summed E-state index contributed by atoms with van der Waals surface area (Å²) in [5.74, 6) is -0.00686. The molecule has 25 heavy (non-hydrogen) atoms. The number of fused-ring (bicyclic) bond motifs is 1. The van der Waals surface area contributed by atoms with Crippen LogP contribution in [-0.4, -0.2) is 62.4 Å². The van der Waals surface area contributed by atoms with Crippen LogP contribution in [0.4, 0.5) is 5.69 Å². The number of amides is 2. The standard InChI is InChI=1S/C16H20N2O5S2/c1-11(8-16(20)18-4-6-23-7-5-18)25(21,22)12-2-3-14-13(9-12)17-15(19)10-24-14/h2-3,9,11H,4-8,10H2,1H3,(H,17,19). The van der Waals surface area contributed by atoms with E-state index in [0.717, 1.165) is 4.90 Å². The number of sulfone groups is 1. The number of morpholine rings is 1. The van der Waals surface area contributed by atoms with Crippen molar-refractivity contribution in [2.24, 2.45) is 0 Å². The van der Waals surface area contributed by atoms with Crippen molar-refractivity contribution in [3.05, 3.63) is 18.2 Å². The van der Waals surface area contributed by atoms with Crippen LogP contribution >= 0.6 is 11.8 Å². The molecule has 2 amide bonds. The summed E-state index contributed by atoms with van der Waals surface area (Å²) in [6, 6.07) is 4.71. The van der Waals surface area contributed by atoms with Crippen LogP contribution in [-0.2, 0) is 24.2 Å². The van der Waals surface area contributed by atoms with Crippen LogP contribution in [0.15, 0.2) is 28.0 Å². The number of ether oxygens (including phenoxy) is 1. The van der Waals surface area contributed by atoms with E-state index in [1.165, 1.54) is 23.9 Å². The third-order valence-corrected chi connectivity index (χ3v) is 7.48. The van der Waals surface area contributed by atoms with E-state index in [4.69, 9.17) is 4.74 Å². The second-order valence-electron chi connectivity index (χ2n) is 6.05. The van der Waals surface area contributed by atoms with Crippen molar-refractivity contribution in [2.75, 3.05) is 37.4 Å². The number of hydrogen-bond donors (Lipinski definition) is 1. The minimum absolute atomic E-state index is 0.0689. The Bertz CT molecular complexity index is 788. The van der Waals surface area contributed by atoms with Crippen LogP contribution in [0, 0.1) is 0 Å². The molecule has 0 saturated carbocycles. The fraction of sp³-hybridized carbons (Fsp3) is 0.500. The fourth-order valence-electron chi connectivity index (χ4n) is 2.77. The number of hydrogen-bond acceptors (Lipinski definition) is 6. The van der Waals surface area contributed by atoms with Crippen molar-refractivity contribution in [3.8, 4) is 0 Å². The smallest absolute Gasteiger partial charge is 0.234 e. The van der Waals surface area contributed by atoms with E-state index in [9.17, 15) is 18.0 Å². The lowest BCUT2D eigenvalue weighted by molar-refractivity contribution is -0.135. The van der Waals surface area contributed by atoms with Gasteiger partial charge in [-0.2, -0.15) is 0 Å². The first-order chi connectivity index (χ1) is 11.9. The van der Waals surface area contributed by atoms with Gasteiger partial charge in [-0.05, 0) is 25.1 Å². The number of carbonyl (C=O) groups is 2. The van der Waals surface area contributed by atoms with Gasteiger partial charge < -0.3 is 15.0 Å². The molecule has 1 aromatic rings. The molecule has 136 valence electrons. The van der Waals surface area contributed by atoms with E-state index in [0.29, 0.717) is 37.7 Å². The number of anilines is 1. The molecule has 1 N–H and O–H groups in total. The average molecular weight is 384 g/mol. The van der Waals surface area contributed by atoms with Crippen LogP contribution in [0.25, 0.3) is 0 Å². The first kappa shape index (κ1) is 18.2. The molecule has 1 atom stereocenters. The number of thioether (sulfide) groups is 1. The number of benzene rings is 1. The van der Waals surface area contributed by atoms with Crippen molar-refractivity contribution >= 4 is 39.1 Å². The van der Waals surface area contributed by atoms with Crippen LogP contribution in [0.1, 0.15) is 13.3 Å². The number of nitrogens with zero attached hydrogens (tertiary/aromatic N) is 1. The highest BCUT2D eigenvalue weighted by Crippen LogP contribution is 2.34. The lowest BCUT2D eigenvalue weighted by Crippen LogP contribution is -2.42. The van der Waals surface area contributed by atoms with E-state index < -0.39 is 15.1 Å². The second kappa shape index (κ2) is 7.35. The summed E-state index contributed by atoms with van der Waals surface area (Å²) in [6.45, 7) is 3.49. The molecule has 1 unspecified atom stereocenters. The zero-order valence-electron chi connectivity index (χ0n) is 13.9. The maximum Gasteiger partial charge on any atom is 0.234 e. The van der Waals surface area contributed by atoms with Gasteiger partial charge in [-0.3, -0.25) is 9.59 Å². The highest BCUT2D eigenvalue weighted by Gasteiger charge is 2.29. The van der Waals surface area contributed by atoms with E-state index in [2.05, 4.69) is 5.32 Å². The Kier molecular flexibility index (Phi) is 5.35. The summed E-state index contributed by atoms with van der Waals surface area (Å²) >= 11 is 1.37. The van der Waals surface area contributed by atoms with Gasteiger partial charge in [0.25, 0.3) is 0 Å². The van der Waals surface area contributed by atoms with E-state index in [1.807, 2.05) is 0 Å². The molecule has 7 nitrogen and oxygen atoms in total. The maximum absolute atomic E-state index is 12.8. The van der Waals surface area contributed by atoms with Gasteiger partial charge in [0.05, 0.1) is 34.8 Å². The second-order valence-corrected chi connectivity index (χ2v) is 9.43. The SMILES string of the molecule is CC(CC(=O)N1CCOCC1)S(=O)(=O)c1ccc2c(c1)NC(=O)CS2. The zero-order chi connectivity index (χ0) is 18.0. The summed E-state index contributed by atoms with van der Waals surface area (Å²) in [4.78, 5) is 26.4. The van der Waals surface area contributed by atoms with Crippen LogP contribution < -0.4 is 5.32 Å². The Labute approximate surface area is 151 Å². The molecule has 1 saturated heterocycles. The normalized spacial score (nSPS) is 19.1. The van der Waals surface area contributed by atoms with Crippen molar-refractivity contribution in [2.45, 2.75) is 28.4 Å². The molecule has 2 aliphatic heterocycles. The van der Waals surface area contributed by atoms with Gasteiger partial charge in [-0.15, -0.1) is 11.8 Å². The Morgan fingerprint density at radius 3 is 2.80 bits per heavy atom. The minimum atomic E-state index is -3.66. The van der Waals surface area contributed by atoms with Gasteiger partial charge in [-0.25, -0.2) is 8.42 Å². The largest absolute Gasteiger partial charge is 0.378 e. The Morgan fingerprint density at radius 1 is 1.36 bits per heavy atom. The molecule has 0 bridgehead atoms. The van der Waals surface area contributed by atoms with Crippen LogP contribution in [0.3, 0.4) is 0 Å². The molecule has 1 fully saturated rings. The lowest BCUT2D eigenvalue weighted by atomic mass is 10.3. The summed E-state index contributed by atoms with van der Waals surface area (Å²) in [5, 5.41) is 1.85. The fourth-order valence-corrected chi connectivity index (χ4v) is 4.92. The number of nitrogens with one attached hydrogen (secondary N) is 1. The third-order valence-electron chi connectivity index (χ3n) is 4.27. The predicted molar refractivity (Wildman–Crippen MR) is 94.5 cm³/mol. The maximum atomic E-state index is 12.8.